The number of nitrogens with one attached hydrogen (secondary N) is 3. The smallest absolute Gasteiger partial charge is 0.321 e. The van der Waals surface area contributed by atoms with Gasteiger partial charge in [0.25, 0.3) is 5.91 Å². The van der Waals surface area contributed by atoms with Gasteiger partial charge in [0, 0.05) is 36.4 Å². The molecule has 0 bridgehead atoms. The molecule has 216 valence electrons. The molecule has 0 aliphatic heterocycles. The fraction of sp³-hybridized carbons (Fsp3) is 0.333. The second kappa shape index (κ2) is 13.9. The van der Waals surface area contributed by atoms with Gasteiger partial charge in [0.15, 0.2) is 0 Å². The van der Waals surface area contributed by atoms with Crippen LogP contribution in [-0.2, 0) is 6.42 Å². The Morgan fingerprint density at radius 1 is 1.02 bits per heavy atom. The van der Waals surface area contributed by atoms with Crippen LogP contribution in [0.3, 0.4) is 0 Å². The highest BCUT2D eigenvalue weighted by molar-refractivity contribution is 5.98. The van der Waals surface area contributed by atoms with E-state index in [1.165, 1.54) is 0 Å². The molecule has 0 saturated heterocycles. The molecule has 3 aromatic carbocycles. The number of ether oxygens (including phenoxy) is 1. The molecule has 41 heavy (non-hydrogen) atoms. The maximum Gasteiger partial charge on any atom is 0.321 e. The van der Waals surface area contributed by atoms with Gasteiger partial charge in [-0.25, -0.2) is 4.79 Å². The van der Waals surface area contributed by atoms with E-state index in [9.17, 15) is 14.7 Å². The van der Waals surface area contributed by atoms with Crippen LogP contribution in [0, 0.1) is 0 Å². The zero-order chi connectivity index (χ0) is 29.4. The van der Waals surface area contributed by atoms with Crippen LogP contribution in [0.2, 0.25) is 0 Å². The lowest BCUT2D eigenvalue weighted by atomic mass is 10.0. The summed E-state index contributed by atoms with van der Waals surface area (Å²) < 4.78 is 5.98. The molecule has 0 unspecified atom stereocenters. The number of aromatic nitrogens is 1. The molecule has 3 amide bonds. The van der Waals surface area contributed by atoms with Gasteiger partial charge < -0.3 is 25.5 Å². The summed E-state index contributed by atoms with van der Waals surface area (Å²) in [4.78, 5) is 31.0. The summed E-state index contributed by atoms with van der Waals surface area (Å²) in [6.07, 6.45) is 4.17. The number of rotatable bonds is 12. The van der Waals surface area contributed by atoms with Crippen molar-refractivity contribution >= 4 is 28.5 Å². The number of unbranched alkanes of at least 4 members (excludes halogenated alkanes) is 1. The molecule has 1 atom stereocenters. The molecule has 4 aromatic rings. The molecule has 0 fully saturated rings. The van der Waals surface area contributed by atoms with Crippen LogP contribution in [0.25, 0.3) is 22.0 Å². The zero-order valence-corrected chi connectivity index (χ0v) is 24.2. The number of aliphatic hydroxyl groups excluding tert-OH is 1. The topological polar surface area (TPSA) is 107 Å². The lowest BCUT2D eigenvalue weighted by Gasteiger charge is -2.22. The number of carbonyl (C=O) groups is 2. The van der Waals surface area contributed by atoms with Crippen molar-refractivity contribution in [2.75, 3.05) is 25.1 Å². The maximum atomic E-state index is 13.6. The van der Waals surface area contributed by atoms with Crippen LogP contribution in [-0.4, -0.2) is 54.4 Å². The number of urea groups is 1. The van der Waals surface area contributed by atoms with E-state index in [4.69, 9.17) is 4.74 Å². The lowest BCUT2D eigenvalue weighted by Crippen LogP contribution is -2.39. The van der Waals surface area contributed by atoms with Gasteiger partial charge in [-0.1, -0.05) is 49.7 Å². The van der Waals surface area contributed by atoms with Crippen molar-refractivity contribution in [3.63, 3.8) is 0 Å². The van der Waals surface area contributed by atoms with Gasteiger partial charge in [0.2, 0.25) is 0 Å². The Hall–Kier alpha value is -4.30. The van der Waals surface area contributed by atoms with Crippen molar-refractivity contribution in [2.24, 2.45) is 0 Å². The van der Waals surface area contributed by atoms with Crippen molar-refractivity contribution in [3.8, 4) is 16.9 Å². The van der Waals surface area contributed by atoms with Gasteiger partial charge in [0.1, 0.15) is 5.75 Å². The predicted octanol–water partition coefficient (Wildman–Crippen LogP) is 5.90. The van der Waals surface area contributed by atoms with E-state index >= 15 is 0 Å². The minimum absolute atomic E-state index is 0.120. The number of aromatic amines is 1. The highest BCUT2D eigenvalue weighted by atomic mass is 16.5. The molecule has 0 saturated carbocycles. The van der Waals surface area contributed by atoms with Crippen molar-refractivity contribution < 1.29 is 19.4 Å². The molecule has 4 rings (SSSR count). The minimum Gasteiger partial charge on any atom is -0.490 e. The Morgan fingerprint density at radius 2 is 1.76 bits per heavy atom. The van der Waals surface area contributed by atoms with E-state index in [0.29, 0.717) is 24.3 Å². The molecule has 1 aromatic heterocycles. The van der Waals surface area contributed by atoms with Crippen LogP contribution in [0.5, 0.6) is 5.75 Å². The molecule has 8 heteroatoms. The van der Waals surface area contributed by atoms with Gasteiger partial charge in [-0.3, -0.25) is 9.69 Å². The monoisotopic (exact) mass is 556 g/mol. The molecular formula is C33H40N4O4. The van der Waals surface area contributed by atoms with Crippen molar-refractivity contribution in [1.29, 1.82) is 0 Å². The van der Waals surface area contributed by atoms with E-state index in [2.05, 4.69) is 22.5 Å². The highest BCUT2D eigenvalue weighted by Gasteiger charge is 2.20. The summed E-state index contributed by atoms with van der Waals surface area (Å²) in [5, 5.41) is 16.9. The average Bonchev–Trinajstić information content (AvgIpc) is 3.39. The number of hydrogen-bond acceptors (Lipinski definition) is 4. The molecule has 0 aliphatic carbocycles. The highest BCUT2D eigenvalue weighted by Crippen LogP contribution is 2.30. The normalized spacial score (nSPS) is 11.9. The molecular weight excluding hydrogens is 516 g/mol. The first-order valence-corrected chi connectivity index (χ1v) is 14.2. The first-order chi connectivity index (χ1) is 19.8. The fourth-order valence-corrected chi connectivity index (χ4v) is 4.87. The number of benzene rings is 3. The predicted molar refractivity (Wildman–Crippen MR) is 165 cm³/mol. The average molecular weight is 557 g/mol. The summed E-state index contributed by atoms with van der Waals surface area (Å²) in [7, 11) is 1.63. The minimum atomic E-state index is -0.477. The maximum absolute atomic E-state index is 13.6. The van der Waals surface area contributed by atoms with Crippen molar-refractivity contribution in [1.82, 2.24) is 15.6 Å². The summed E-state index contributed by atoms with van der Waals surface area (Å²) in [5.74, 6) is 0.162. The van der Waals surface area contributed by atoms with Crippen LogP contribution >= 0.6 is 0 Å². The number of nitrogens with zero attached hydrogens (tertiary/aromatic N) is 1. The summed E-state index contributed by atoms with van der Waals surface area (Å²) in [6, 6.07) is 20.6. The first-order valence-electron chi connectivity index (χ1n) is 14.2. The number of anilines is 1. The third-order valence-corrected chi connectivity index (χ3v) is 6.99. The van der Waals surface area contributed by atoms with Crippen molar-refractivity contribution in [2.45, 2.75) is 52.2 Å². The Bertz CT molecular complexity index is 1460. The quantitative estimate of drug-likeness (QED) is 0.174. The third-order valence-electron chi connectivity index (χ3n) is 6.99. The van der Waals surface area contributed by atoms with E-state index < -0.39 is 6.04 Å². The van der Waals surface area contributed by atoms with Gasteiger partial charge in [-0.15, -0.1) is 0 Å². The van der Waals surface area contributed by atoms with E-state index in [1.54, 1.807) is 11.9 Å². The second-order valence-corrected chi connectivity index (χ2v) is 10.4. The standard InChI is InChI=1S/C33H40N4O4/c1-5-6-17-37(33(40)34-4)27-14-11-23(12-15-27)24-13-16-31(41-22(2)3)29(19-24)32(39)36-26(21-38)18-25-20-35-30-10-8-7-9-28(25)30/h7-16,19-20,22,26,35,38H,5-6,17-18,21H2,1-4H3,(H,34,40)(H,36,39)/t26-/m1/s1. The number of aliphatic hydroxyl groups is 1. The van der Waals surface area contributed by atoms with Gasteiger partial charge in [-0.2, -0.15) is 0 Å². The Labute approximate surface area is 241 Å². The molecule has 0 aliphatic rings. The lowest BCUT2D eigenvalue weighted by molar-refractivity contribution is 0.0910. The zero-order valence-electron chi connectivity index (χ0n) is 24.2. The molecule has 1 heterocycles. The Kier molecular flexibility index (Phi) is 10.0. The summed E-state index contributed by atoms with van der Waals surface area (Å²) in [6.45, 7) is 6.35. The molecule has 0 radical (unpaired) electrons. The first kappa shape index (κ1) is 29.7. The van der Waals surface area contributed by atoms with Crippen LogP contribution in [0.4, 0.5) is 10.5 Å². The number of fused-ring (bicyclic) bond motifs is 1. The van der Waals surface area contributed by atoms with Crippen LogP contribution in [0.15, 0.2) is 72.9 Å². The summed E-state index contributed by atoms with van der Waals surface area (Å²) in [5.41, 5.74) is 4.99. The number of H-pyrrole nitrogens is 1. The van der Waals surface area contributed by atoms with Gasteiger partial charge in [-0.05, 0) is 73.7 Å². The van der Waals surface area contributed by atoms with Crippen LogP contribution < -0.4 is 20.3 Å². The number of carbonyl (C=O) groups excluding carboxylic acids is 2. The SMILES string of the molecule is CCCCN(C(=O)NC)c1ccc(-c2ccc(OC(C)C)c(C(=O)N[C@@H](CO)Cc3c[nH]c4ccccc34)c2)cc1. The Balaban J connectivity index is 1.58. The largest absolute Gasteiger partial charge is 0.490 e. The molecule has 0 spiro atoms. The van der Waals surface area contributed by atoms with E-state index in [1.807, 2.05) is 86.8 Å². The van der Waals surface area contributed by atoms with Gasteiger partial charge >= 0.3 is 6.03 Å². The number of para-hydroxylation sites is 1. The molecule has 8 nitrogen and oxygen atoms in total. The van der Waals surface area contributed by atoms with Gasteiger partial charge in [0.05, 0.1) is 24.3 Å². The van der Waals surface area contributed by atoms with Crippen LogP contribution in [0.1, 0.15) is 49.5 Å². The third kappa shape index (κ3) is 7.27. The fourth-order valence-electron chi connectivity index (χ4n) is 4.87. The Morgan fingerprint density at radius 3 is 2.44 bits per heavy atom. The number of hydrogen-bond donors (Lipinski definition) is 4. The second-order valence-electron chi connectivity index (χ2n) is 10.4. The van der Waals surface area contributed by atoms with E-state index in [0.717, 1.165) is 46.1 Å². The van der Waals surface area contributed by atoms with Crippen molar-refractivity contribution in [3.05, 3.63) is 84.1 Å². The number of amides is 3. The summed E-state index contributed by atoms with van der Waals surface area (Å²) >= 11 is 0. The van der Waals surface area contributed by atoms with E-state index in [-0.39, 0.29) is 24.6 Å². The molecule has 4 N–H and O–H groups in total.